The van der Waals surface area contributed by atoms with Crippen molar-refractivity contribution in [3.63, 3.8) is 0 Å². The van der Waals surface area contributed by atoms with Crippen LogP contribution in [0.2, 0.25) is 0 Å². The molecule has 0 saturated carbocycles. The van der Waals surface area contributed by atoms with E-state index in [0.717, 1.165) is 5.56 Å². The van der Waals surface area contributed by atoms with Crippen LogP contribution in [0.4, 0.5) is 0 Å². The summed E-state index contributed by atoms with van der Waals surface area (Å²) in [6, 6.07) is 11.6. The predicted octanol–water partition coefficient (Wildman–Crippen LogP) is 2.08. The molecule has 0 aliphatic carbocycles. The SMILES string of the molecule is N#CCC(=O)CCOCc1ccccc1. The van der Waals surface area contributed by atoms with E-state index in [4.69, 9.17) is 10.00 Å². The molecule has 0 heterocycles. The molecule has 15 heavy (non-hydrogen) atoms. The molecule has 0 aromatic heterocycles. The summed E-state index contributed by atoms with van der Waals surface area (Å²) in [6.07, 6.45) is 0.301. The fraction of sp³-hybridized carbons (Fsp3) is 0.333. The quantitative estimate of drug-likeness (QED) is 0.665. The fourth-order valence-corrected chi connectivity index (χ4v) is 1.13. The Morgan fingerprint density at radius 1 is 1.33 bits per heavy atom. The molecule has 3 heteroatoms. The van der Waals surface area contributed by atoms with Crippen molar-refractivity contribution < 1.29 is 9.53 Å². The Labute approximate surface area is 89.3 Å². The van der Waals surface area contributed by atoms with E-state index in [2.05, 4.69) is 0 Å². The van der Waals surface area contributed by atoms with Gasteiger partial charge in [-0.15, -0.1) is 0 Å². The fourth-order valence-electron chi connectivity index (χ4n) is 1.13. The Bertz CT molecular complexity index is 340. The Balaban J connectivity index is 2.13. The molecule has 1 aromatic carbocycles. The Morgan fingerprint density at radius 3 is 2.73 bits per heavy atom. The van der Waals surface area contributed by atoms with Gasteiger partial charge in [-0.1, -0.05) is 30.3 Å². The van der Waals surface area contributed by atoms with E-state index in [1.54, 1.807) is 0 Å². The molecule has 0 amide bonds. The van der Waals surface area contributed by atoms with Crippen molar-refractivity contribution in [1.82, 2.24) is 0 Å². The number of carbonyl (C=O) groups is 1. The third kappa shape index (κ3) is 4.94. The zero-order chi connectivity index (χ0) is 10.9. The summed E-state index contributed by atoms with van der Waals surface area (Å²) in [4.78, 5) is 11.0. The largest absolute Gasteiger partial charge is 0.376 e. The van der Waals surface area contributed by atoms with E-state index in [9.17, 15) is 4.79 Å². The molecule has 0 atom stereocenters. The second kappa shape index (κ2) is 6.74. The van der Waals surface area contributed by atoms with Crippen molar-refractivity contribution in [2.24, 2.45) is 0 Å². The summed E-state index contributed by atoms with van der Waals surface area (Å²) in [6.45, 7) is 0.899. The number of Topliss-reactive ketones (excluding diaryl/α,β-unsaturated/α-hetero) is 1. The average Bonchev–Trinajstić information content (AvgIpc) is 2.26. The molecule has 0 unspecified atom stereocenters. The van der Waals surface area contributed by atoms with E-state index >= 15 is 0 Å². The molecule has 0 N–H and O–H groups in total. The molecule has 1 aromatic rings. The van der Waals surface area contributed by atoms with Gasteiger partial charge in [0.1, 0.15) is 5.78 Å². The van der Waals surface area contributed by atoms with E-state index in [1.165, 1.54) is 0 Å². The molecule has 0 spiro atoms. The van der Waals surface area contributed by atoms with Gasteiger partial charge in [0, 0.05) is 6.42 Å². The van der Waals surface area contributed by atoms with Gasteiger partial charge >= 0.3 is 0 Å². The number of nitrogens with zero attached hydrogens (tertiary/aromatic N) is 1. The lowest BCUT2D eigenvalue weighted by Gasteiger charge is -2.02. The van der Waals surface area contributed by atoms with Gasteiger partial charge < -0.3 is 4.74 Å². The highest BCUT2D eigenvalue weighted by atomic mass is 16.5. The highest BCUT2D eigenvalue weighted by molar-refractivity contribution is 5.80. The summed E-state index contributed by atoms with van der Waals surface area (Å²) < 4.78 is 5.31. The van der Waals surface area contributed by atoms with Crippen LogP contribution in [-0.4, -0.2) is 12.4 Å². The second-order valence-corrected chi connectivity index (χ2v) is 3.16. The summed E-state index contributed by atoms with van der Waals surface area (Å²) in [5, 5.41) is 8.26. The molecule has 0 radical (unpaired) electrons. The maximum absolute atomic E-state index is 11.0. The van der Waals surface area contributed by atoms with Crippen LogP contribution < -0.4 is 0 Å². The number of benzene rings is 1. The first kappa shape index (κ1) is 11.4. The van der Waals surface area contributed by atoms with E-state index in [1.807, 2.05) is 36.4 Å². The highest BCUT2D eigenvalue weighted by Crippen LogP contribution is 2.01. The first-order valence-corrected chi connectivity index (χ1v) is 4.83. The molecule has 0 aliphatic rings. The Hall–Kier alpha value is -1.66. The van der Waals surface area contributed by atoms with Crippen LogP contribution in [0.25, 0.3) is 0 Å². The van der Waals surface area contributed by atoms with Crippen LogP contribution >= 0.6 is 0 Å². The van der Waals surface area contributed by atoms with Crippen molar-refractivity contribution in [2.75, 3.05) is 6.61 Å². The van der Waals surface area contributed by atoms with Crippen molar-refractivity contribution in [2.45, 2.75) is 19.4 Å². The molecule has 0 fully saturated rings. The number of hydrogen-bond acceptors (Lipinski definition) is 3. The topological polar surface area (TPSA) is 50.1 Å². The van der Waals surface area contributed by atoms with Gasteiger partial charge in [0.2, 0.25) is 0 Å². The van der Waals surface area contributed by atoms with Gasteiger partial charge in [-0.05, 0) is 5.56 Å². The molecule has 78 valence electrons. The Kier molecular flexibility index (Phi) is 5.13. The maximum atomic E-state index is 11.0. The molecule has 0 bridgehead atoms. The number of rotatable bonds is 6. The number of ketones is 1. The smallest absolute Gasteiger partial charge is 0.149 e. The molecule has 3 nitrogen and oxygen atoms in total. The molecule has 1 rings (SSSR count). The van der Waals surface area contributed by atoms with Gasteiger partial charge in [0.25, 0.3) is 0 Å². The van der Waals surface area contributed by atoms with Crippen LogP contribution in [0.3, 0.4) is 0 Å². The monoisotopic (exact) mass is 203 g/mol. The van der Waals surface area contributed by atoms with Gasteiger partial charge in [0.15, 0.2) is 0 Å². The van der Waals surface area contributed by atoms with Gasteiger partial charge in [-0.3, -0.25) is 4.79 Å². The molecular weight excluding hydrogens is 190 g/mol. The molecule has 0 saturated heterocycles. The first-order valence-electron chi connectivity index (χ1n) is 4.83. The number of ether oxygens (including phenoxy) is 1. The minimum absolute atomic E-state index is 0.0191. The number of carbonyl (C=O) groups excluding carboxylic acids is 1. The zero-order valence-corrected chi connectivity index (χ0v) is 8.48. The van der Waals surface area contributed by atoms with Crippen LogP contribution in [-0.2, 0) is 16.1 Å². The van der Waals surface area contributed by atoms with E-state index < -0.39 is 0 Å². The van der Waals surface area contributed by atoms with Gasteiger partial charge in [0.05, 0.1) is 25.7 Å². The van der Waals surface area contributed by atoms with Gasteiger partial charge in [-0.25, -0.2) is 0 Å². The zero-order valence-electron chi connectivity index (χ0n) is 8.48. The predicted molar refractivity (Wildman–Crippen MR) is 56.0 cm³/mol. The third-order valence-corrected chi connectivity index (χ3v) is 1.91. The van der Waals surface area contributed by atoms with Crippen LogP contribution in [0, 0.1) is 11.3 Å². The van der Waals surface area contributed by atoms with Crippen LogP contribution in [0.15, 0.2) is 30.3 Å². The Morgan fingerprint density at radius 2 is 2.07 bits per heavy atom. The van der Waals surface area contributed by atoms with Gasteiger partial charge in [-0.2, -0.15) is 5.26 Å². The normalized spacial score (nSPS) is 9.53. The minimum atomic E-state index is -0.0643. The van der Waals surface area contributed by atoms with Crippen molar-refractivity contribution in [3.8, 4) is 6.07 Å². The van der Waals surface area contributed by atoms with Crippen molar-refractivity contribution in [1.29, 1.82) is 5.26 Å². The lowest BCUT2D eigenvalue weighted by molar-refractivity contribution is -0.119. The van der Waals surface area contributed by atoms with E-state index in [0.29, 0.717) is 19.6 Å². The number of hydrogen-bond donors (Lipinski definition) is 0. The van der Waals surface area contributed by atoms with Crippen molar-refractivity contribution in [3.05, 3.63) is 35.9 Å². The minimum Gasteiger partial charge on any atom is -0.376 e. The maximum Gasteiger partial charge on any atom is 0.149 e. The molecule has 0 aliphatic heterocycles. The molecular formula is C12H13NO2. The van der Waals surface area contributed by atoms with Crippen LogP contribution in [0.1, 0.15) is 18.4 Å². The second-order valence-electron chi connectivity index (χ2n) is 3.16. The lowest BCUT2D eigenvalue weighted by atomic mass is 10.2. The van der Waals surface area contributed by atoms with E-state index in [-0.39, 0.29) is 12.2 Å². The van der Waals surface area contributed by atoms with Crippen molar-refractivity contribution >= 4 is 5.78 Å². The average molecular weight is 203 g/mol. The third-order valence-electron chi connectivity index (χ3n) is 1.91. The number of nitriles is 1. The summed E-state index contributed by atoms with van der Waals surface area (Å²) in [5.41, 5.74) is 1.09. The highest BCUT2D eigenvalue weighted by Gasteiger charge is 2.00. The summed E-state index contributed by atoms with van der Waals surface area (Å²) >= 11 is 0. The first-order chi connectivity index (χ1) is 7.33. The standard InChI is InChI=1S/C12H13NO2/c13-8-6-12(14)7-9-15-10-11-4-2-1-3-5-11/h1-5H,6-7,9-10H2. The van der Waals surface area contributed by atoms with Crippen LogP contribution in [0.5, 0.6) is 0 Å². The summed E-state index contributed by atoms with van der Waals surface area (Å²) in [7, 11) is 0. The summed E-state index contributed by atoms with van der Waals surface area (Å²) in [5.74, 6) is -0.0643. The lowest BCUT2D eigenvalue weighted by Crippen LogP contribution is -2.03.